The summed E-state index contributed by atoms with van der Waals surface area (Å²) in [6, 6.07) is 9.35. The molecular weight excluding hydrogens is 327 g/mol. The van der Waals surface area contributed by atoms with E-state index in [-0.39, 0.29) is 11.8 Å². The van der Waals surface area contributed by atoms with Crippen LogP contribution in [0, 0.1) is 0 Å². The maximum absolute atomic E-state index is 12.0. The Morgan fingerprint density at radius 3 is 2.42 bits per heavy atom. The summed E-state index contributed by atoms with van der Waals surface area (Å²) < 4.78 is 12.0. The largest absolute Gasteiger partial charge is 0.356 e. The molecule has 0 saturated carbocycles. The van der Waals surface area contributed by atoms with Crippen LogP contribution in [0.3, 0.4) is 0 Å². The van der Waals surface area contributed by atoms with Gasteiger partial charge in [0.1, 0.15) is 5.78 Å². The molecule has 0 fully saturated rings. The molecular formula is C17H27N2O4P. The van der Waals surface area contributed by atoms with Crippen molar-refractivity contribution in [2.75, 3.05) is 13.2 Å². The van der Waals surface area contributed by atoms with Gasteiger partial charge >= 0.3 is 0 Å². The minimum atomic E-state index is -3.44. The lowest BCUT2D eigenvalue weighted by atomic mass is 10.1. The first kappa shape index (κ1) is 20.4. The zero-order chi connectivity index (χ0) is 18.0. The molecule has 3 N–H and O–H groups in total. The molecule has 0 radical (unpaired) electrons. The van der Waals surface area contributed by atoms with Crippen molar-refractivity contribution in [1.29, 1.82) is 0 Å². The number of hydrogen-bond donors (Lipinski definition) is 3. The predicted molar refractivity (Wildman–Crippen MR) is 95.0 cm³/mol. The fraction of sp³-hybridized carbons (Fsp3) is 0.529. The molecule has 0 aliphatic heterocycles. The van der Waals surface area contributed by atoms with Crippen molar-refractivity contribution in [1.82, 2.24) is 10.6 Å². The smallest absolute Gasteiger partial charge is 0.220 e. The highest BCUT2D eigenvalue weighted by Crippen LogP contribution is 2.41. The van der Waals surface area contributed by atoms with Crippen LogP contribution in [-0.2, 0) is 20.6 Å². The Bertz CT molecular complexity index is 571. The Hall–Kier alpha value is -1.65. The summed E-state index contributed by atoms with van der Waals surface area (Å²) in [6.45, 7) is 3.35. The molecule has 134 valence electrons. The summed E-state index contributed by atoms with van der Waals surface area (Å²) in [5, 5.41) is 5.40. The number of nitrogens with one attached hydrogen (secondary N) is 2. The van der Waals surface area contributed by atoms with Crippen LogP contribution in [0.1, 0.15) is 38.2 Å². The van der Waals surface area contributed by atoms with Gasteiger partial charge < -0.3 is 15.5 Å². The van der Waals surface area contributed by atoms with Gasteiger partial charge in [0.2, 0.25) is 19.2 Å². The van der Waals surface area contributed by atoms with Crippen molar-refractivity contribution in [2.24, 2.45) is 0 Å². The highest BCUT2D eigenvalue weighted by atomic mass is 31.2. The highest BCUT2D eigenvalue weighted by molar-refractivity contribution is 7.57. The topological polar surface area (TPSA) is 95.5 Å². The molecule has 1 aromatic carbocycles. The molecule has 0 heterocycles. The van der Waals surface area contributed by atoms with Gasteiger partial charge in [-0.1, -0.05) is 36.8 Å². The standard InChI is InChI=1S/C17H27N2O4P/c1-14(20)18-12-8-4-7-11-16(21)19-17(24(2,22)23)13-15-9-5-3-6-10-15/h3,5-6,9-10,17H,4,7-8,11-13H2,1-2H3,(H,18,20)(H,19,21)(H,22,23). The zero-order valence-electron chi connectivity index (χ0n) is 14.3. The molecule has 0 bridgehead atoms. The van der Waals surface area contributed by atoms with Crippen LogP contribution < -0.4 is 10.6 Å². The van der Waals surface area contributed by atoms with E-state index in [4.69, 9.17) is 0 Å². The van der Waals surface area contributed by atoms with Crippen molar-refractivity contribution in [3.8, 4) is 0 Å². The Morgan fingerprint density at radius 1 is 1.17 bits per heavy atom. The Labute approximate surface area is 143 Å². The van der Waals surface area contributed by atoms with Gasteiger partial charge in [-0.15, -0.1) is 0 Å². The van der Waals surface area contributed by atoms with Gasteiger partial charge in [0, 0.05) is 33.0 Å². The van der Waals surface area contributed by atoms with E-state index in [2.05, 4.69) is 10.6 Å². The predicted octanol–water partition coefficient (Wildman–Crippen LogP) is 2.27. The second kappa shape index (κ2) is 10.3. The van der Waals surface area contributed by atoms with E-state index < -0.39 is 13.2 Å². The van der Waals surface area contributed by atoms with E-state index >= 15 is 0 Å². The van der Waals surface area contributed by atoms with E-state index in [0.717, 1.165) is 18.4 Å². The fourth-order valence-electron chi connectivity index (χ4n) is 2.29. The first-order chi connectivity index (χ1) is 11.3. The number of hydrogen-bond acceptors (Lipinski definition) is 3. The average molecular weight is 354 g/mol. The minimum absolute atomic E-state index is 0.0573. The normalized spacial score (nSPS) is 14.5. The summed E-state index contributed by atoms with van der Waals surface area (Å²) in [7, 11) is -3.44. The molecule has 0 spiro atoms. The fourth-order valence-corrected chi connectivity index (χ4v) is 3.22. The summed E-state index contributed by atoms with van der Waals surface area (Å²) in [6.07, 6.45) is 2.96. The second-order valence-corrected chi connectivity index (χ2v) is 8.52. The summed E-state index contributed by atoms with van der Waals surface area (Å²) in [5.41, 5.74) is 0.911. The van der Waals surface area contributed by atoms with Gasteiger partial charge in [-0.2, -0.15) is 0 Å². The molecule has 2 unspecified atom stereocenters. The Morgan fingerprint density at radius 2 is 1.83 bits per heavy atom. The molecule has 2 amide bonds. The molecule has 6 nitrogen and oxygen atoms in total. The number of unbranched alkanes of at least 4 members (excludes halogenated alkanes) is 2. The molecule has 0 saturated heterocycles. The van der Waals surface area contributed by atoms with Crippen molar-refractivity contribution < 1.29 is 19.0 Å². The van der Waals surface area contributed by atoms with Crippen LogP contribution in [0.25, 0.3) is 0 Å². The summed E-state index contributed by atoms with van der Waals surface area (Å²) in [5.74, 6) is -1.04. The van der Waals surface area contributed by atoms with E-state index in [1.54, 1.807) is 0 Å². The van der Waals surface area contributed by atoms with Gasteiger partial charge in [-0.25, -0.2) is 0 Å². The lowest BCUT2D eigenvalue weighted by Crippen LogP contribution is -2.36. The minimum Gasteiger partial charge on any atom is -0.356 e. The van der Waals surface area contributed by atoms with E-state index in [9.17, 15) is 19.0 Å². The number of carbonyl (C=O) groups excluding carboxylic acids is 2. The number of rotatable bonds is 10. The van der Waals surface area contributed by atoms with Crippen LogP contribution in [0.15, 0.2) is 30.3 Å². The van der Waals surface area contributed by atoms with Crippen LogP contribution in [0.4, 0.5) is 0 Å². The molecule has 2 atom stereocenters. The Balaban J connectivity index is 2.39. The number of benzene rings is 1. The third-order valence-corrected chi connectivity index (χ3v) is 5.10. The quantitative estimate of drug-likeness (QED) is 0.444. The second-order valence-electron chi connectivity index (χ2n) is 6.01. The first-order valence-electron chi connectivity index (χ1n) is 8.16. The molecule has 0 aliphatic rings. The zero-order valence-corrected chi connectivity index (χ0v) is 15.2. The van der Waals surface area contributed by atoms with Crippen LogP contribution in [0.5, 0.6) is 0 Å². The molecule has 1 rings (SSSR count). The third-order valence-electron chi connectivity index (χ3n) is 3.63. The molecule has 7 heteroatoms. The summed E-state index contributed by atoms with van der Waals surface area (Å²) in [4.78, 5) is 32.6. The van der Waals surface area contributed by atoms with E-state index in [1.165, 1.54) is 13.6 Å². The molecule has 0 aliphatic carbocycles. The van der Waals surface area contributed by atoms with Crippen molar-refractivity contribution in [2.45, 2.75) is 44.8 Å². The Kier molecular flexibility index (Phi) is 8.72. The molecule has 0 aromatic heterocycles. The van der Waals surface area contributed by atoms with Crippen LogP contribution in [-0.4, -0.2) is 35.7 Å². The maximum Gasteiger partial charge on any atom is 0.220 e. The SMILES string of the molecule is CC(=O)NCCCCCC(=O)NC(Cc1ccccc1)P(C)(=O)O. The number of amides is 2. The highest BCUT2D eigenvalue weighted by Gasteiger charge is 2.27. The maximum atomic E-state index is 12.0. The van der Waals surface area contributed by atoms with Gasteiger partial charge in [-0.3, -0.25) is 14.2 Å². The van der Waals surface area contributed by atoms with Gasteiger partial charge in [0.25, 0.3) is 0 Å². The number of carbonyl (C=O) groups is 2. The van der Waals surface area contributed by atoms with Crippen LogP contribution >= 0.6 is 7.37 Å². The van der Waals surface area contributed by atoms with Crippen molar-refractivity contribution in [3.63, 3.8) is 0 Å². The molecule has 1 aromatic rings. The van der Waals surface area contributed by atoms with Gasteiger partial charge in [-0.05, 0) is 18.4 Å². The lowest BCUT2D eigenvalue weighted by Gasteiger charge is -2.21. The van der Waals surface area contributed by atoms with Crippen molar-refractivity contribution >= 4 is 19.2 Å². The molecule has 24 heavy (non-hydrogen) atoms. The van der Waals surface area contributed by atoms with Crippen molar-refractivity contribution in [3.05, 3.63) is 35.9 Å². The van der Waals surface area contributed by atoms with E-state index in [0.29, 0.717) is 25.8 Å². The van der Waals surface area contributed by atoms with Crippen LogP contribution in [0.2, 0.25) is 0 Å². The van der Waals surface area contributed by atoms with Gasteiger partial charge in [0.05, 0.1) is 0 Å². The monoisotopic (exact) mass is 354 g/mol. The van der Waals surface area contributed by atoms with Gasteiger partial charge in [0.15, 0.2) is 0 Å². The lowest BCUT2D eigenvalue weighted by molar-refractivity contribution is -0.121. The van der Waals surface area contributed by atoms with E-state index in [1.807, 2.05) is 30.3 Å². The summed E-state index contributed by atoms with van der Waals surface area (Å²) >= 11 is 0. The average Bonchev–Trinajstić information content (AvgIpc) is 2.50. The third kappa shape index (κ3) is 8.85. The first-order valence-corrected chi connectivity index (χ1v) is 10.3.